The van der Waals surface area contributed by atoms with Crippen LogP contribution in [-0.2, 0) is 9.53 Å². The minimum atomic E-state index is -0.151. The third-order valence-electron chi connectivity index (χ3n) is 2.80. The molecule has 94 valence electrons. The van der Waals surface area contributed by atoms with Gasteiger partial charge >= 0.3 is 0 Å². The third-order valence-corrected chi connectivity index (χ3v) is 2.80. The number of hydrogen-bond acceptors (Lipinski definition) is 3. The van der Waals surface area contributed by atoms with Crippen LogP contribution < -0.4 is 10.6 Å². The largest absolute Gasteiger partial charge is 0.374 e. The molecule has 0 bridgehead atoms. The number of carbonyl (C=O) groups is 1. The van der Waals surface area contributed by atoms with Crippen molar-refractivity contribution in [3.8, 4) is 0 Å². The second kappa shape index (κ2) is 6.21. The molecule has 1 rings (SSSR count). The number of amides is 1. The van der Waals surface area contributed by atoms with Gasteiger partial charge in [0.1, 0.15) is 0 Å². The SMILES string of the molecule is CC(C)NC(=O)C(C)NCC1CCC(C)O1. The van der Waals surface area contributed by atoms with Crippen LogP contribution in [0.4, 0.5) is 0 Å². The summed E-state index contributed by atoms with van der Waals surface area (Å²) < 4.78 is 5.68. The summed E-state index contributed by atoms with van der Waals surface area (Å²) in [6.07, 6.45) is 2.85. The van der Waals surface area contributed by atoms with Crippen LogP contribution in [0.25, 0.3) is 0 Å². The molecule has 1 fully saturated rings. The van der Waals surface area contributed by atoms with Crippen molar-refractivity contribution in [3.05, 3.63) is 0 Å². The lowest BCUT2D eigenvalue weighted by atomic mass is 10.2. The summed E-state index contributed by atoms with van der Waals surface area (Å²) >= 11 is 0. The molecule has 16 heavy (non-hydrogen) atoms. The summed E-state index contributed by atoms with van der Waals surface area (Å²) in [5.74, 6) is 0.0565. The molecule has 1 heterocycles. The van der Waals surface area contributed by atoms with E-state index in [-0.39, 0.29) is 24.1 Å². The van der Waals surface area contributed by atoms with E-state index < -0.39 is 0 Å². The van der Waals surface area contributed by atoms with Crippen LogP contribution in [-0.4, -0.2) is 36.7 Å². The molecule has 1 saturated heterocycles. The summed E-state index contributed by atoms with van der Waals surface area (Å²) in [7, 11) is 0. The lowest BCUT2D eigenvalue weighted by molar-refractivity contribution is -0.123. The maximum Gasteiger partial charge on any atom is 0.237 e. The van der Waals surface area contributed by atoms with Crippen LogP contribution in [0, 0.1) is 0 Å². The van der Waals surface area contributed by atoms with Gasteiger partial charge in [0.05, 0.1) is 18.2 Å². The maximum absolute atomic E-state index is 11.6. The highest BCUT2D eigenvalue weighted by atomic mass is 16.5. The van der Waals surface area contributed by atoms with Gasteiger partial charge in [0.25, 0.3) is 0 Å². The lowest BCUT2D eigenvalue weighted by Crippen LogP contribution is -2.46. The van der Waals surface area contributed by atoms with Crippen molar-refractivity contribution in [1.29, 1.82) is 0 Å². The second-order valence-corrected chi connectivity index (χ2v) is 4.94. The quantitative estimate of drug-likeness (QED) is 0.739. The topological polar surface area (TPSA) is 50.4 Å². The molecule has 2 N–H and O–H groups in total. The van der Waals surface area contributed by atoms with Crippen molar-refractivity contribution in [2.75, 3.05) is 6.54 Å². The van der Waals surface area contributed by atoms with Crippen LogP contribution in [0.5, 0.6) is 0 Å². The summed E-state index contributed by atoms with van der Waals surface area (Å²) in [6.45, 7) is 8.67. The van der Waals surface area contributed by atoms with Crippen LogP contribution >= 0.6 is 0 Å². The van der Waals surface area contributed by atoms with E-state index in [0.29, 0.717) is 6.10 Å². The van der Waals surface area contributed by atoms with Crippen LogP contribution in [0.1, 0.15) is 40.5 Å². The van der Waals surface area contributed by atoms with Gasteiger partial charge in [0.15, 0.2) is 0 Å². The Balaban J connectivity index is 2.19. The van der Waals surface area contributed by atoms with Gasteiger partial charge in [0, 0.05) is 12.6 Å². The van der Waals surface area contributed by atoms with Crippen molar-refractivity contribution >= 4 is 5.91 Å². The highest BCUT2D eigenvalue weighted by Crippen LogP contribution is 2.18. The number of nitrogens with one attached hydrogen (secondary N) is 2. The van der Waals surface area contributed by atoms with Gasteiger partial charge in [-0.05, 0) is 40.5 Å². The molecule has 0 aromatic carbocycles. The molecule has 1 aliphatic heterocycles. The Bertz CT molecular complexity index is 231. The predicted octanol–water partition coefficient (Wildman–Crippen LogP) is 1.06. The third kappa shape index (κ3) is 4.49. The number of rotatable bonds is 5. The minimum absolute atomic E-state index is 0.0565. The summed E-state index contributed by atoms with van der Waals surface area (Å²) in [6, 6.07) is 0.0430. The summed E-state index contributed by atoms with van der Waals surface area (Å²) in [5, 5.41) is 6.10. The van der Waals surface area contributed by atoms with Gasteiger partial charge in [-0.15, -0.1) is 0 Å². The first-order chi connectivity index (χ1) is 7.49. The van der Waals surface area contributed by atoms with E-state index >= 15 is 0 Å². The van der Waals surface area contributed by atoms with Gasteiger partial charge < -0.3 is 15.4 Å². The van der Waals surface area contributed by atoms with Crippen molar-refractivity contribution in [2.24, 2.45) is 0 Å². The number of hydrogen-bond donors (Lipinski definition) is 2. The minimum Gasteiger partial charge on any atom is -0.374 e. The van der Waals surface area contributed by atoms with Gasteiger partial charge in [-0.25, -0.2) is 0 Å². The number of carbonyl (C=O) groups excluding carboxylic acids is 1. The van der Waals surface area contributed by atoms with E-state index in [0.717, 1.165) is 19.4 Å². The van der Waals surface area contributed by atoms with Crippen LogP contribution in [0.3, 0.4) is 0 Å². The Morgan fingerprint density at radius 3 is 2.56 bits per heavy atom. The molecule has 0 radical (unpaired) electrons. The molecule has 4 nitrogen and oxygen atoms in total. The Hall–Kier alpha value is -0.610. The predicted molar refractivity (Wildman–Crippen MR) is 64.3 cm³/mol. The zero-order valence-corrected chi connectivity index (χ0v) is 10.7. The molecular weight excluding hydrogens is 204 g/mol. The van der Waals surface area contributed by atoms with Crippen molar-refractivity contribution in [2.45, 2.75) is 64.8 Å². The Kier molecular flexibility index (Phi) is 5.22. The highest BCUT2D eigenvalue weighted by Gasteiger charge is 2.23. The van der Waals surface area contributed by atoms with Crippen molar-refractivity contribution in [1.82, 2.24) is 10.6 Å². The molecule has 1 aliphatic rings. The first-order valence-corrected chi connectivity index (χ1v) is 6.18. The molecule has 4 heteroatoms. The van der Waals surface area contributed by atoms with E-state index in [4.69, 9.17) is 4.74 Å². The fourth-order valence-corrected chi connectivity index (χ4v) is 1.85. The van der Waals surface area contributed by atoms with Gasteiger partial charge in [-0.3, -0.25) is 4.79 Å². The fourth-order valence-electron chi connectivity index (χ4n) is 1.85. The average molecular weight is 228 g/mol. The normalized spacial score (nSPS) is 27.1. The zero-order chi connectivity index (χ0) is 12.1. The standard InChI is InChI=1S/C12H24N2O2/c1-8(2)14-12(15)10(4)13-7-11-6-5-9(3)16-11/h8-11,13H,5-7H2,1-4H3,(H,14,15). The van der Waals surface area contributed by atoms with Crippen LogP contribution in [0.15, 0.2) is 0 Å². The Morgan fingerprint density at radius 2 is 2.06 bits per heavy atom. The van der Waals surface area contributed by atoms with Crippen LogP contribution in [0.2, 0.25) is 0 Å². The van der Waals surface area contributed by atoms with Crippen molar-refractivity contribution in [3.63, 3.8) is 0 Å². The zero-order valence-electron chi connectivity index (χ0n) is 10.7. The molecule has 1 amide bonds. The van der Waals surface area contributed by atoms with E-state index in [1.165, 1.54) is 0 Å². The van der Waals surface area contributed by atoms with E-state index in [1.54, 1.807) is 0 Å². The molecule has 0 spiro atoms. The summed E-state index contributed by atoms with van der Waals surface area (Å²) in [4.78, 5) is 11.6. The van der Waals surface area contributed by atoms with E-state index in [1.807, 2.05) is 20.8 Å². The van der Waals surface area contributed by atoms with Crippen molar-refractivity contribution < 1.29 is 9.53 Å². The van der Waals surface area contributed by atoms with E-state index in [2.05, 4.69) is 17.6 Å². The van der Waals surface area contributed by atoms with E-state index in [9.17, 15) is 4.79 Å². The second-order valence-electron chi connectivity index (χ2n) is 4.94. The monoisotopic (exact) mass is 228 g/mol. The highest BCUT2D eigenvalue weighted by molar-refractivity contribution is 5.81. The van der Waals surface area contributed by atoms with Gasteiger partial charge in [-0.2, -0.15) is 0 Å². The average Bonchev–Trinajstić information content (AvgIpc) is 2.59. The molecule has 0 aromatic rings. The van der Waals surface area contributed by atoms with Gasteiger partial charge in [0.2, 0.25) is 5.91 Å². The fraction of sp³-hybridized carbons (Fsp3) is 0.917. The molecule has 0 aliphatic carbocycles. The lowest BCUT2D eigenvalue weighted by Gasteiger charge is -2.18. The first-order valence-electron chi connectivity index (χ1n) is 6.18. The summed E-state index contributed by atoms with van der Waals surface area (Å²) in [5.41, 5.74) is 0. The molecular formula is C12H24N2O2. The Labute approximate surface area is 98.1 Å². The van der Waals surface area contributed by atoms with Gasteiger partial charge in [-0.1, -0.05) is 0 Å². The maximum atomic E-state index is 11.6. The Morgan fingerprint density at radius 1 is 1.38 bits per heavy atom. The molecule has 0 saturated carbocycles. The smallest absolute Gasteiger partial charge is 0.237 e. The molecule has 0 aromatic heterocycles. The first kappa shape index (κ1) is 13.5. The number of ether oxygens (including phenoxy) is 1. The molecule has 3 unspecified atom stereocenters. The molecule has 3 atom stereocenters.